The third kappa shape index (κ3) is 5.53. The van der Waals surface area contributed by atoms with Gasteiger partial charge in [0.1, 0.15) is 11.6 Å². The molecule has 0 atom stereocenters. The summed E-state index contributed by atoms with van der Waals surface area (Å²) in [5.74, 6) is -1.42. The number of alkyl halides is 3. The summed E-state index contributed by atoms with van der Waals surface area (Å²) in [5.41, 5.74) is 2.66. The van der Waals surface area contributed by atoms with Crippen molar-refractivity contribution < 1.29 is 31.9 Å². The van der Waals surface area contributed by atoms with Crippen molar-refractivity contribution in [1.82, 2.24) is 9.80 Å². The highest BCUT2D eigenvalue weighted by atomic mass is 32.2. The van der Waals surface area contributed by atoms with E-state index in [0.717, 1.165) is 28.7 Å². The van der Waals surface area contributed by atoms with Crippen LogP contribution in [-0.4, -0.2) is 54.2 Å². The number of rotatable bonds is 6. The topological polar surface area (TPSA) is 75.9 Å². The average Bonchev–Trinajstić information content (AvgIpc) is 3.36. The van der Waals surface area contributed by atoms with Gasteiger partial charge in [-0.15, -0.1) is 13.2 Å². The van der Waals surface area contributed by atoms with E-state index in [9.17, 15) is 27.2 Å². The van der Waals surface area contributed by atoms with E-state index in [-0.39, 0.29) is 23.6 Å². The highest BCUT2D eigenvalue weighted by Crippen LogP contribution is 2.29. The van der Waals surface area contributed by atoms with Crippen molar-refractivity contribution in [3.63, 3.8) is 0 Å². The normalized spacial score (nSPS) is 15.7. The molecule has 11 heteroatoms. The number of nitrogens with zero attached hydrogens (tertiary/aromatic N) is 2. The Kier molecular flexibility index (Phi) is 6.85. The molecule has 0 saturated carbocycles. The first-order valence-electron chi connectivity index (χ1n) is 10.4. The number of aryl methyl sites for hydroxylation is 1. The number of carbonyl (C=O) groups is 2. The van der Waals surface area contributed by atoms with Crippen molar-refractivity contribution in [2.45, 2.75) is 24.1 Å². The molecule has 2 aliphatic rings. The molecule has 0 aromatic heterocycles. The van der Waals surface area contributed by atoms with Gasteiger partial charge < -0.3 is 14.5 Å². The van der Waals surface area contributed by atoms with Crippen molar-refractivity contribution in [1.29, 1.82) is 0 Å². The van der Waals surface area contributed by atoms with Gasteiger partial charge in [0.15, 0.2) is 0 Å². The molecule has 2 aromatic carbocycles. The number of benzene rings is 2. The largest absolute Gasteiger partial charge is 0.573 e. The van der Waals surface area contributed by atoms with Crippen LogP contribution in [0.2, 0.25) is 0 Å². The molecule has 2 amide bonds. The van der Waals surface area contributed by atoms with E-state index in [1.807, 2.05) is 0 Å². The van der Waals surface area contributed by atoms with Gasteiger partial charge in [0.05, 0.1) is 5.56 Å². The van der Waals surface area contributed by atoms with Gasteiger partial charge in [-0.2, -0.15) is 0 Å². The molecule has 6 nitrogen and oxygen atoms in total. The Balaban J connectivity index is 1.26. The second-order valence-electron chi connectivity index (χ2n) is 8.07. The van der Waals surface area contributed by atoms with Crippen LogP contribution in [-0.2, 0) is 11.2 Å². The Bertz CT molecular complexity index is 1120. The lowest BCUT2D eigenvalue weighted by molar-refractivity contribution is -0.274. The first-order chi connectivity index (χ1) is 16.1. The second-order valence-corrected chi connectivity index (χ2v) is 8.78. The van der Waals surface area contributed by atoms with E-state index in [2.05, 4.69) is 4.74 Å². The SMILES string of the molecule is NSc1ccc(C(=O)N2CC3=C(CN(C(=O)CCc4ccc(OC(F)(F)F)cc4)C3)C2)c(F)c1. The average molecular weight is 495 g/mol. The molecule has 2 heterocycles. The van der Waals surface area contributed by atoms with E-state index >= 15 is 0 Å². The highest BCUT2D eigenvalue weighted by Gasteiger charge is 2.35. The minimum Gasteiger partial charge on any atom is -0.406 e. The summed E-state index contributed by atoms with van der Waals surface area (Å²) in [6.45, 7) is 1.49. The quantitative estimate of drug-likeness (QED) is 0.374. The molecule has 2 aliphatic heterocycles. The summed E-state index contributed by atoms with van der Waals surface area (Å²) in [5, 5.41) is 5.42. The van der Waals surface area contributed by atoms with E-state index in [1.54, 1.807) is 15.9 Å². The highest BCUT2D eigenvalue weighted by molar-refractivity contribution is 7.97. The Morgan fingerprint density at radius 1 is 0.971 bits per heavy atom. The summed E-state index contributed by atoms with van der Waals surface area (Å²) in [6.07, 6.45) is -4.16. The van der Waals surface area contributed by atoms with Crippen LogP contribution in [0.15, 0.2) is 58.5 Å². The van der Waals surface area contributed by atoms with E-state index in [0.29, 0.717) is 37.5 Å². The number of ether oxygens (including phenoxy) is 1. The molecule has 0 unspecified atom stereocenters. The van der Waals surface area contributed by atoms with Crippen molar-refractivity contribution in [2.24, 2.45) is 5.14 Å². The third-order valence-electron chi connectivity index (χ3n) is 5.76. The molecule has 2 aromatic rings. The van der Waals surface area contributed by atoms with Crippen LogP contribution in [0.3, 0.4) is 0 Å². The standard InChI is InChI=1S/C23H21F4N3O3S/c24-20-9-18(34-28)6-7-19(20)22(32)30-12-15-10-29(11-16(15)13-30)21(31)8-3-14-1-4-17(5-2-14)33-23(25,26)27/h1-2,4-7,9H,3,8,10-13,28H2. The fourth-order valence-corrected chi connectivity index (χ4v) is 4.40. The van der Waals surface area contributed by atoms with E-state index in [1.165, 1.54) is 36.4 Å². The lowest BCUT2D eigenvalue weighted by atomic mass is 10.1. The Morgan fingerprint density at radius 3 is 2.15 bits per heavy atom. The van der Waals surface area contributed by atoms with Gasteiger partial charge in [-0.1, -0.05) is 12.1 Å². The molecule has 4 rings (SSSR count). The fraction of sp³-hybridized carbons (Fsp3) is 0.304. The molecular weight excluding hydrogens is 474 g/mol. The van der Waals surface area contributed by atoms with Crippen molar-refractivity contribution in [3.05, 3.63) is 70.6 Å². The third-order valence-corrected chi connectivity index (χ3v) is 6.28. The zero-order chi connectivity index (χ0) is 24.5. The summed E-state index contributed by atoms with van der Waals surface area (Å²) in [6, 6.07) is 9.68. The number of hydrogen-bond donors (Lipinski definition) is 1. The molecule has 180 valence electrons. The Labute approximate surface area is 197 Å². The number of halogens is 4. The smallest absolute Gasteiger partial charge is 0.406 e. The molecule has 34 heavy (non-hydrogen) atoms. The van der Waals surface area contributed by atoms with Crippen LogP contribution in [0.5, 0.6) is 5.75 Å². The van der Waals surface area contributed by atoms with Crippen molar-refractivity contribution in [3.8, 4) is 5.75 Å². The summed E-state index contributed by atoms with van der Waals surface area (Å²) in [4.78, 5) is 29.2. The van der Waals surface area contributed by atoms with Gasteiger partial charge in [-0.3, -0.25) is 14.7 Å². The van der Waals surface area contributed by atoms with Crippen LogP contribution in [0.4, 0.5) is 17.6 Å². The summed E-state index contributed by atoms with van der Waals surface area (Å²) in [7, 11) is 0. The molecule has 0 radical (unpaired) electrons. The summed E-state index contributed by atoms with van der Waals surface area (Å²) >= 11 is 0.900. The maximum Gasteiger partial charge on any atom is 0.573 e. The molecule has 0 saturated heterocycles. The second kappa shape index (κ2) is 9.67. The van der Waals surface area contributed by atoms with Crippen LogP contribution in [0.25, 0.3) is 0 Å². The zero-order valence-electron chi connectivity index (χ0n) is 17.9. The van der Waals surface area contributed by atoms with Gasteiger partial charge in [0, 0.05) is 37.5 Å². The number of hydrogen-bond acceptors (Lipinski definition) is 5. The van der Waals surface area contributed by atoms with Crippen LogP contribution < -0.4 is 9.88 Å². The lowest BCUT2D eigenvalue weighted by Gasteiger charge is -2.23. The van der Waals surface area contributed by atoms with Gasteiger partial charge in [0.25, 0.3) is 5.91 Å². The van der Waals surface area contributed by atoms with Gasteiger partial charge in [-0.05, 0) is 65.4 Å². The maximum absolute atomic E-state index is 14.3. The number of nitrogens with two attached hydrogens (primary N) is 1. The van der Waals surface area contributed by atoms with E-state index in [4.69, 9.17) is 5.14 Å². The molecule has 0 bridgehead atoms. The predicted octanol–water partition coefficient (Wildman–Crippen LogP) is 3.92. The van der Waals surface area contributed by atoms with Crippen LogP contribution >= 0.6 is 11.9 Å². The van der Waals surface area contributed by atoms with Gasteiger partial charge in [-0.25, -0.2) is 4.39 Å². The lowest BCUT2D eigenvalue weighted by Crippen LogP contribution is -2.36. The molecule has 0 aliphatic carbocycles. The number of amides is 2. The Hall–Kier alpha value is -3.05. The zero-order valence-corrected chi connectivity index (χ0v) is 18.7. The van der Waals surface area contributed by atoms with Crippen LogP contribution in [0.1, 0.15) is 22.3 Å². The van der Waals surface area contributed by atoms with Crippen LogP contribution in [0, 0.1) is 5.82 Å². The minimum absolute atomic E-state index is 0.0152. The first-order valence-corrected chi connectivity index (χ1v) is 11.3. The fourth-order valence-electron chi connectivity index (χ4n) is 4.08. The van der Waals surface area contributed by atoms with Crippen molar-refractivity contribution >= 4 is 23.8 Å². The van der Waals surface area contributed by atoms with Gasteiger partial charge in [0.2, 0.25) is 5.91 Å². The molecule has 0 fully saturated rings. The molecule has 0 spiro atoms. The Morgan fingerprint density at radius 2 is 1.59 bits per heavy atom. The predicted molar refractivity (Wildman–Crippen MR) is 117 cm³/mol. The van der Waals surface area contributed by atoms with Gasteiger partial charge >= 0.3 is 6.36 Å². The number of carbonyl (C=O) groups excluding carboxylic acids is 2. The molecule has 2 N–H and O–H groups in total. The maximum atomic E-state index is 14.3. The first kappa shape index (κ1) is 24.1. The minimum atomic E-state index is -4.75. The van der Waals surface area contributed by atoms with Crippen molar-refractivity contribution in [2.75, 3.05) is 26.2 Å². The molecular formula is C23H21F4N3O3S. The summed E-state index contributed by atoms with van der Waals surface area (Å²) < 4.78 is 54.9. The monoisotopic (exact) mass is 495 g/mol. The van der Waals surface area contributed by atoms with E-state index < -0.39 is 18.1 Å².